The molecule has 0 saturated heterocycles. The number of fused-ring (bicyclic) bond motifs is 1. The predicted octanol–water partition coefficient (Wildman–Crippen LogP) is -2.89. The van der Waals surface area contributed by atoms with E-state index >= 15 is 0 Å². The third-order valence-corrected chi connectivity index (χ3v) is 9.61. The minimum atomic E-state index is -1.52. The Morgan fingerprint density at radius 1 is 0.970 bits per heavy atom. The van der Waals surface area contributed by atoms with Crippen LogP contribution in [0.3, 0.4) is 0 Å². The molecule has 0 spiro atoms. The van der Waals surface area contributed by atoms with Crippen LogP contribution in [0.1, 0.15) is 51.0 Å². The first-order chi connectivity index (χ1) is 31.3. The number of ether oxygens (including phenoxy) is 6. The molecule has 0 fully saturated rings. The summed E-state index contributed by atoms with van der Waals surface area (Å²) in [5.74, 6) is -6.23. The minimum absolute atomic E-state index is 0. The van der Waals surface area contributed by atoms with Gasteiger partial charge in [0.25, 0.3) is 0 Å². The number of aliphatic hydroxyl groups excluding tert-OH is 3. The van der Waals surface area contributed by atoms with Gasteiger partial charge in [0.1, 0.15) is 36.6 Å². The maximum absolute atomic E-state index is 12.0. The number of hydrogen-bond acceptors (Lipinski definition) is 20. The molecule has 2 aliphatic heterocycles. The number of nitrogens with one attached hydrogen (secondary N) is 1. The van der Waals surface area contributed by atoms with Crippen molar-refractivity contribution in [3.8, 4) is 0 Å². The number of rotatable bonds is 15. The number of aromatic nitrogens is 2. The fourth-order valence-corrected chi connectivity index (χ4v) is 6.61. The monoisotopic (exact) mass is 947 g/mol. The van der Waals surface area contributed by atoms with Gasteiger partial charge in [-0.05, 0) is 23.7 Å². The zero-order chi connectivity index (χ0) is 49.2. The number of carboxylic acid groups (broad SMARTS) is 1. The zero-order valence-electron chi connectivity index (χ0n) is 37.5. The Labute approximate surface area is 404 Å². The molecule has 0 bridgehead atoms. The van der Waals surface area contributed by atoms with Crippen LogP contribution in [0.25, 0.3) is 21.3 Å². The average Bonchev–Trinajstić information content (AvgIpc) is 3.71. The van der Waals surface area contributed by atoms with E-state index in [0.29, 0.717) is 17.5 Å². The van der Waals surface area contributed by atoms with Crippen LogP contribution < -0.4 is 45.7 Å². The summed E-state index contributed by atoms with van der Waals surface area (Å²) in [6.07, 6.45) is -2.92. The number of amides is 1. The topological polar surface area (TPSA) is 363 Å². The summed E-state index contributed by atoms with van der Waals surface area (Å²) < 4.78 is 32.5. The summed E-state index contributed by atoms with van der Waals surface area (Å²) in [5, 5.41) is 51.5. The number of benzene rings is 2. The van der Waals surface area contributed by atoms with Crippen LogP contribution in [-0.4, -0.2) is 136 Å². The van der Waals surface area contributed by atoms with Crippen LogP contribution in [0.2, 0.25) is 0 Å². The van der Waals surface area contributed by atoms with Crippen molar-refractivity contribution in [1.29, 1.82) is 0 Å². The number of azide groups is 1. The molecule has 2 aromatic carbocycles. The minimum Gasteiger partial charge on any atom is -0.542 e. The Kier molecular flexibility index (Phi) is 23.1. The number of nitrogens with two attached hydrogens (primary N) is 1. The molecule has 0 aliphatic carbocycles. The van der Waals surface area contributed by atoms with Crippen molar-refractivity contribution in [1.82, 2.24) is 15.1 Å². The number of carbonyl (C=O) groups excluding carboxylic acids is 7. The number of carboxylic acids is 1. The third-order valence-electron chi connectivity index (χ3n) is 9.61. The van der Waals surface area contributed by atoms with Crippen molar-refractivity contribution in [3.63, 3.8) is 0 Å². The van der Waals surface area contributed by atoms with Crippen molar-refractivity contribution < 1.29 is 112 Å². The largest absolute Gasteiger partial charge is 1.00 e. The molecule has 25 heteroatoms. The first-order valence-electron chi connectivity index (χ1n) is 19.8. The normalized spacial score (nSPS) is 21.0. The van der Waals surface area contributed by atoms with E-state index in [1.165, 1.54) is 19.1 Å². The molecule has 1 amide bonds. The Balaban J connectivity index is 0.000000374. The standard InChI is InChI=1S/C18H26N2O10.C17H20N2O6.C7H5N3O.Na/c1-8(21)20-15-12(19)6-13(18(25)26-5)30-17(15)16(29-11(4)24)14(28-10(3)23)7-27-9(2)22;1-9-12(19-7-10-4-2-3-5-11(10)18-19)6-14(17(23)24)25-16(9)15(22)13(21)8-20;8-10-9-7-4-2-1-3-6(7)5-11;/h6,12,14-17H,7,19H2,1-5H3,(H,20,21);2-7,9,12-13,15-16,20-22H,8H2,1H3,(H,23,24);1-5H;/q;;;+1/p-1/t12-,14+,15+,16+,17+;9-,12+,13-,15-,16-;;/m01../s1. The Morgan fingerprint density at radius 3 is 2.15 bits per heavy atom. The van der Waals surface area contributed by atoms with Crippen LogP contribution in [0.15, 0.2) is 83.5 Å². The number of methoxy groups -OCH3 is 1. The van der Waals surface area contributed by atoms with Gasteiger partial charge in [-0.25, -0.2) is 4.79 Å². The van der Waals surface area contributed by atoms with Gasteiger partial charge in [-0.2, -0.15) is 5.10 Å². The van der Waals surface area contributed by atoms with Gasteiger partial charge >= 0.3 is 53.4 Å². The number of hydrogen-bond donors (Lipinski definition) is 5. The fourth-order valence-electron chi connectivity index (χ4n) is 6.61. The van der Waals surface area contributed by atoms with Gasteiger partial charge in [-0.1, -0.05) is 54.5 Å². The van der Waals surface area contributed by atoms with Gasteiger partial charge in [0, 0.05) is 61.4 Å². The Hall–Kier alpha value is -6.37. The van der Waals surface area contributed by atoms with Crippen molar-refractivity contribution in [3.05, 3.63) is 94.4 Å². The zero-order valence-corrected chi connectivity index (χ0v) is 39.5. The molecule has 5 rings (SSSR count). The maximum atomic E-state index is 12.0. The molecule has 6 N–H and O–H groups in total. The third kappa shape index (κ3) is 16.5. The molecule has 1 aromatic heterocycles. The second-order valence-electron chi connectivity index (χ2n) is 14.5. The van der Waals surface area contributed by atoms with E-state index in [1.807, 2.05) is 24.3 Å². The summed E-state index contributed by atoms with van der Waals surface area (Å²) in [7, 11) is 1.12. The van der Waals surface area contributed by atoms with Crippen molar-refractivity contribution in [2.75, 3.05) is 20.3 Å². The number of aliphatic carboxylic acids is 1. The summed E-state index contributed by atoms with van der Waals surface area (Å²) in [6, 6.07) is 11.6. The van der Waals surface area contributed by atoms with Gasteiger partial charge < -0.3 is 64.7 Å². The number of nitrogens with zero attached hydrogens (tertiary/aromatic N) is 5. The molecule has 10 atom stereocenters. The van der Waals surface area contributed by atoms with Crippen molar-refractivity contribution in [2.24, 2.45) is 16.8 Å². The van der Waals surface area contributed by atoms with E-state index in [-0.39, 0.29) is 35.3 Å². The molecule has 3 aromatic rings. The van der Waals surface area contributed by atoms with E-state index in [4.69, 9.17) is 40.1 Å². The van der Waals surface area contributed by atoms with Crippen molar-refractivity contribution >= 4 is 58.6 Å². The van der Waals surface area contributed by atoms with Crippen LogP contribution in [0, 0.1) is 5.92 Å². The quantitative estimate of drug-likeness (QED) is 0.0194. The van der Waals surface area contributed by atoms with Crippen LogP contribution in [-0.2, 0) is 57.2 Å². The molecule has 3 heterocycles. The smallest absolute Gasteiger partial charge is 0.542 e. The summed E-state index contributed by atoms with van der Waals surface area (Å²) in [4.78, 5) is 82.4. The molecule has 2 aliphatic rings. The van der Waals surface area contributed by atoms with E-state index < -0.39 is 115 Å². The summed E-state index contributed by atoms with van der Waals surface area (Å²) in [5.41, 5.74) is 15.7. The SMILES string of the molecule is COC(=O)C1=C[C@H](N)[C@@H](NC(C)=O)[C@H]([C@H](OC(C)=O)[C@@H](COC(C)=O)OC(C)=O)O1.C[C@H]1[C@H]([C@H](O)[C@H](O)CO)OC(C(=O)[O-])=C[C@@H]1n1cc2ccccc2n1.[N-]=[N+]=Nc1ccccc1C=O.[Na+]. The van der Waals surface area contributed by atoms with Gasteiger partial charge in [-0.15, -0.1) is 0 Å². The second kappa shape index (κ2) is 27.3. The van der Waals surface area contributed by atoms with Crippen LogP contribution in [0.4, 0.5) is 5.69 Å². The molecule has 356 valence electrons. The van der Waals surface area contributed by atoms with Gasteiger partial charge in [-0.3, -0.25) is 28.7 Å². The first kappa shape index (κ1) is 56.8. The van der Waals surface area contributed by atoms with Gasteiger partial charge in [0.05, 0.1) is 37.4 Å². The van der Waals surface area contributed by atoms with E-state index in [1.54, 1.807) is 42.1 Å². The average molecular weight is 948 g/mol. The van der Waals surface area contributed by atoms with Gasteiger partial charge in [0.15, 0.2) is 24.6 Å². The van der Waals surface area contributed by atoms with Crippen LogP contribution >= 0.6 is 0 Å². The molecule has 67 heavy (non-hydrogen) atoms. The molecular weight excluding hydrogens is 897 g/mol. The summed E-state index contributed by atoms with van der Waals surface area (Å²) >= 11 is 0. The number of carbonyl (C=O) groups is 7. The van der Waals surface area contributed by atoms with Crippen LogP contribution in [0.5, 0.6) is 0 Å². The molecule has 0 saturated carbocycles. The Bertz CT molecular complexity index is 2300. The number of aliphatic hydroxyl groups is 3. The predicted molar refractivity (Wildman–Crippen MR) is 224 cm³/mol. The Morgan fingerprint density at radius 2 is 1.60 bits per heavy atom. The van der Waals surface area contributed by atoms with E-state index in [9.17, 15) is 48.9 Å². The maximum Gasteiger partial charge on any atom is 1.00 e. The number of allylic oxidation sites excluding steroid dienone is 1. The van der Waals surface area contributed by atoms with Crippen molar-refractivity contribution in [2.45, 2.75) is 89.4 Å². The van der Waals surface area contributed by atoms with E-state index in [2.05, 4.69) is 25.2 Å². The number of aldehydes is 1. The first-order valence-corrected chi connectivity index (χ1v) is 19.8. The molecular formula is C42H50N7NaO17. The van der Waals surface area contributed by atoms with E-state index in [0.717, 1.165) is 38.8 Å². The second-order valence-corrected chi connectivity index (χ2v) is 14.5. The fraction of sp³-hybridized carbons (Fsp3) is 0.429. The molecule has 0 radical (unpaired) electrons. The molecule has 0 unspecified atom stereocenters. The molecule has 24 nitrogen and oxygen atoms in total. The number of esters is 4. The van der Waals surface area contributed by atoms with Gasteiger partial charge in [0.2, 0.25) is 11.7 Å². The summed E-state index contributed by atoms with van der Waals surface area (Å²) in [6.45, 7) is 5.16.